The van der Waals surface area contributed by atoms with Gasteiger partial charge in [-0.15, -0.1) is 11.6 Å². The molecule has 0 aromatic heterocycles. The highest BCUT2D eigenvalue weighted by Gasteiger charge is 2.26. The second-order valence-corrected chi connectivity index (χ2v) is 7.75. The van der Waals surface area contributed by atoms with Crippen molar-refractivity contribution < 1.29 is 24.0 Å². The molecule has 29 heavy (non-hydrogen) atoms. The van der Waals surface area contributed by atoms with E-state index in [9.17, 15) is 19.7 Å². The van der Waals surface area contributed by atoms with Crippen LogP contribution in [-0.4, -0.2) is 52.6 Å². The zero-order valence-corrected chi connectivity index (χ0v) is 17.9. The highest BCUT2D eigenvalue weighted by atomic mass is 35.5. The number of carbonyl (C=O) groups excluding carboxylic acids is 2. The quantitative estimate of drug-likeness (QED) is 0.189. The van der Waals surface area contributed by atoms with Crippen LogP contribution in [0.3, 0.4) is 0 Å². The van der Waals surface area contributed by atoms with Crippen LogP contribution in [0.15, 0.2) is 36.4 Å². The lowest BCUT2D eigenvalue weighted by atomic mass is 10.2. The van der Waals surface area contributed by atoms with Crippen molar-refractivity contribution in [3.8, 4) is 0 Å². The SMILES string of the molecule is C=C(CCl)CN(CC(CC)OC(=O)c1ccc([N+](=O)[O-])cc1)C(=O)OC(C)(C)C. The number of benzene rings is 1. The number of nitrogens with zero attached hydrogens (tertiary/aromatic N) is 2. The summed E-state index contributed by atoms with van der Waals surface area (Å²) in [7, 11) is 0. The Morgan fingerprint density at radius 3 is 2.31 bits per heavy atom. The van der Waals surface area contributed by atoms with Crippen molar-refractivity contribution in [3.63, 3.8) is 0 Å². The number of hydrogen-bond acceptors (Lipinski definition) is 6. The molecule has 160 valence electrons. The van der Waals surface area contributed by atoms with Crippen molar-refractivity contribution >= 4 is 29.4 Å². The third-order valence-corrected chi connectivity index (χ3v) is 4.10. The molecular formula is C20H27ClN2O6. The maximum absolute atomic E-state index is 12.5. The molecule has 0 saturated carbocycles. The van der Waals surface area contributed by atoms with Crippen molar-refractivity contribution in [2.45, 2.75) is 45.8 Å². The van der Waals surface area contributed by atoms with Crippen LogP contribution in [-0.2, 0) is 9.47 Å². The van der Waals surface area contributed by atoms with Crippen LogP contribution in [0.5, 0.6) is 0 Å². The topological polar surface area (TPSA) is 99.0 Å². The first-order valence-corrected chi connectivity index (χ1v) is 9.66. The summed E-state index contributed by atoms with van der Waals surface area (Å²) in [5, 5.41) is 10.7. The van der Waals surface area contributed by atoms with Gasteiger partial charge in [-0.1, -0.05) is 13.5 Å². The van der Waals surface area contributed by atoms with Crippen LogP contribution in [0.4, 0.5) is 10.5 Å². The average Bonchev–Trinajstić information content (AvgIpc) is 2.65. The molecule has 0 N–H and O–H groups in total. The molecule has 0 bridgehead atoms. The number of alkyl halides is 1. The van der Waals surface area contributed by atoms with Gasteiger partial charge in [0.25, 0.3) is 5.69 Å². The van der Waals surface area contributed by atoms with E-state index in [1.807, 2.05) is 6.92 Å². The third kappa shape index (κ3) is 8.51. The monoisotopic (exact) mass is 426 g/mol. The van der Waals surface area contributed by atoms with Crippen LogP contribution >= 0.6 is 11.6 Å². The maximum atomic E-state index is 12.5. The largest absolute Gasteiger partial charge is 0.457 e. The zero-order chi connectivity index (χ0) is 22.2. The number of esters is 1. The van der Waals surface area contributed by atoms with Crippen molar-refractivity contribution in [2.24, 2.45) is 0 Å². The van der Waals surface area contributed by atoms with E-state index in [1.165, 1.54) is 29.2 Å². The Balaban J connectivity index is 2.88. The van der Waals surface area contributed by atoms with E-state index in [0.717, 1.165) is 0 Å². The number of carbonyl (C=O) groups is 2. The van der Waals surface area contributed by atoms with Gasteiger partial charge >= 0.3 is 12.1 Å². The molecule has 0 fully saturated rings. The predicted molar refractivity (Wildman–Crippen MR) is 110 cm³/mol. The number of halogens is 1. The van der Waals surface area contributed by atoms with E-state index in [2.05, 4.69) is 6.58 Å². The van der Waals surface area contributed by atoms with Gasteiger partial charge in [0.1, 0.15) is 11.7 Å². The van der Waals surface area contributed by atoms with E-state index < -0.39 is 28.7 Å². The summed E-state index contributed by atoms with van der Waals surface area (Å²) >= 11 is 5.79. The Kier molecular flexibility index (Phi) is 9.10. The first kappa shape index (κ1) is 24.4. The molecular weight excluding hydrogens is 400 g/mol. The number of ether oxygens (including phenoxy) is 2. The first-order chi connectivity index (χ1) is 13.5. The minimum absolute atomic E-state index is 0.0973. The maximum Gasteiger partial charge on any atom is 0.410 e. The summed E-state index contributed by atoms with van der Waals surface area (Å²) in [5.41, 5.74) is -0.00390. The smallest absolute Gasteiger partial charge is 0.410 e. The molecule has 1 unspecified atom stereocenters. The molecule has 0 spiro atoms. The van der Waals surface area contributed by atoms with Crippen LogP contribution in [0.25, 0.3) is 0 Å². The van der Waals surface area contributed by atoms with E-state index in [0.29, 0.717) is 12.0 Å². The Morgan fingerprint density at radius 1 is 1.28 bits per heavy atom. The fraction of sp³-hybridized carbons (Fsp3) is 0.500. The van der Waals surface area contributed by atoms with Crippen LogP contribution in [0.1, 0.15) is 44.5 Å². The molecule has 1 amide bonds. The molecule has 1 rings (SSSR count). The van der Waals surface area contributed by atoms with Crippen molar-refractivity contribution in [2.75, 3.05) is 19.0 Å². The summed E-state index contributed by atoms with van der Waals surface area (Å²) in [6.45, 7) is 11.2. The van der Waals surface area contributed by atoms with Gasteiger partial charge in [0.2, 0.25) is 0 Å². The minimum atomic E-state index is -0.686. The molecule has 9 heteroatoms. The van der Waals surface area contributed by atoms with Gasteiger partial charge in [0.15, 0.2) is 0 Å². The second kappa shape index (κ2) is 10.8. The van der Waals surface area contributed by atoms with Crippen molar-refractivity contribution in [1.29, 1.82) is 0 Å². The molecule has 1 aromatic carbocycles. The Morgan fingerprint density at radius 2 is 1.86 bits per heavy atom. The van der Waals surface area contributed by atoms with Crippen LogP contribution < -0.4 is 0 Å². The highest BCUT2D eigenvalue weighted by molar-refractivity contribution is 6.19. The number of nitro benzene ring substituents is 1. The molecule has 0 radical (unpaired) electrons. The van der Waals surface area contributed by atoms with Crippen LogP contribution in [0, 0.1) is 10.1 Å². The van der Waals surface area contributed by atoms with Gasteiger partial charge in [0, 0.05) is 24.6 Å². The minimum Gasteiger partial charge on any atom is -0.457 e. The standard InChI is InChI=1S/C20H27ClN2O6/c1-6-17(28-18(24)15-7-9-16(10-8-15)23(26)27)13-22(12-14(2)11-21)19(25)29-20(3,4)5/h7-10,17H,2,6,11-13H2,1,3-5H3. The number of rotatable bonds is 9. The molecule has 0 saturated heterocycles. The Bertz CT molecular complexity index is 742. The number of hydrogen-bond donors (Lipinski definition) is 0. The van der Waals surface area contributed by atoms with Crippen molar-refractivity contribution in [1.82, 2.24) is 4.90 Å². The normalized spacial score (nSPS) is 12.0. The third-order valence-electron chi connectivity index (χ3n) is 3.72. The summed E-state index contributed by atoms with van der Waals surface area (Å²) < 4.78 is 10.9. The zero-order valence-electron chi connectivity index (χ0n) is 17.1. The molecule has 0 heterocycles. The summed E-state index contributed by atoms with van der Waals surface area (Å²) in [4.78, 5) is 36.5. The lowest BCUT2D eigenvalue weighted by Crippen LogP contribution is -2.43. The summed E-state index contributed by atoms with van der Waals surface area (Å²) in [6, 6.07) is 5.12. The molecule has 8 nitrogen and oxygen atoms in total. The van der Waals surface area contributed by atoms with Gasteiger partial charge in [-0.25, -0.2) is 9.59 Å². The number of non-ortho nitro benzene ring substituents is 1. The lowest BCUT2D eigenvalue weighted by Gasteiger charge is -2.30. The highest BCUT2D eigenvalue weighted by Crippen LogP contribution is 2.16. The number of amides is 1. The van der Waals surface area contributed by atoms with Gasteiger partial charge in [-0.2, -0.15) is 0 Å². The molecule has 0 aliphatic carbocycles. The van der Waals surface area contributed by atoms with E-state index in [-0.39, 0.29) is 30.2 Å². The fourth-order valence-electron chi connectivity index (χ4n) is 2.28. The summed E-state index contributed by atoms with van der Waals surface area (Å²) in [6.07, 6.45) is -0.715. The fourth-order valence-corrected chi connectivity index (χ4v) is 2.36. The van der Waals surface area contributed by atoms with Gasteiger partial charge in [-0.3, -0.25) is 10.1 Å². The van der Waals surface area contributed by atoms with Crippen molar-refractivity contribution in [3.05, 3.63) is 52.1 Å². The molecule has 0 aliphatic heterocycles. The second-order valence-electron chi connectivity index (χ2n) is 7.48. The number of nitro groups is 1. The summed E-state index contributed by atoms with van der Waals surface area (Å²) in [5.74, 6) is -0.453. The predicted octanol–water partition coefficient (Wildman–Crippen LogP) is 4.56. The van der Waals surface area contributed by atoms with Gasteiger partial charge in [-0.05, 0) is 44.9 Å². The van der Waals surface area contributed by atoms with Crippen LogP contribution in [0.2, 0.25) is 0 Å². The van der Waals surface area contributed by atoms with Gasteiger partial charge in [0.05, 0.1) is 17.0 Å². The van der Waals surface area contributed by atoms with Gasteiger partial charge < -0.3 is 14.4 Å². The first-order valence-electron chi connectivity index (χ1n) is 9.12. The molecule has 1 aromatic rings. The molecule has 0 aliphatic rings. The average molecular weight is 427 g/mol. The van der Waals surface area contributed by atoms with E-state index >= 15 is 0 Å². The molecule has 1 atom stereocenters. The Hall–Kier alpha value is -2.61. The van der Waals surface area contributed by atoms with E-state index in [4.69, 9.17) is 21.1 Å². The Labute approximate surface area is 175 Å². The lowest BCUT2D eigenvalue weighted by molar-refractivity contribution is -0.384. The van der Waals surface area contributed by atoms with E-state index in [1.54, 1.807) is 20.8 Å².